The van der Waals surface area contributed by atoms with E-state index in [-0.39, 0.29) is 11.5 Å². The first-order valence-corrected chi connectivity index (χ1v) is 10.3. The minimum absolute atomic E-state index is 0.0706. The summed E-state index contributed by atoms with van der Waals surface area (Å²) in [5, 5.41) is 9.46. The van der Waals surface area contributed by atoms with E-state index < -0.39 is 26.4 Å². The molecule has 0 bridgehead atoms. The number of rotatable bonds is 6. The largest absolute Gasteiger partial charge is 0.383 e. The van der Waals surface area contributed by atoms with Crippen LogP contribution in [0.15, 0.2) is 53.4 Å². The van der Waals surface area contributed by atoms with Gasteiger partial charge >= 0.3 is 0 Å². The van der Waals surface area contributed by atoms with Gasteiger partial charge in [-0.25, -0.2) is 8.42 Å². The van der Waals surface area contributed by atoms with Gasteiger partial charge in [0.1, 0.15) is 5.41 Å². The molecule has 0 radical (unpaired) electrons. The Labute approximate surface area is 159 Å². The Bertz CT molecular complexity index is 933. The van der Waals surface area contributed by atoms with Crippen molar-refractivity contribution in [2.45, 2.75) is 29.4 Å². The minimum atomic E-state index is -3.70. The Balaban J connectivity index is 2.05. The Morgan fingerprint density at radius 2 is 1.77 bits per heavy atom. The summed E-state index contributed by atoms with van der Waals surface area (Å²) in [6.07, 6.45) is 0.902. The van der Waals surface area contributed by atoms with Gasteiger partial charge in [-0.3, -0.25) is 0 Å². The molecule has 3 rings (SSSR count). The topological polar surface area (TPSA) is 67.2 Å². The second kappa shape index (κ2) is 7.03. The van der Waals surface area contributed by atoms with E-state index in [0.29, 0.717) is 5.02 Å². The molecule has 0 saturated heterocycles. The van der Waals surface area contributed by atoms with Gasteiger partial charge in [0.05, 0.1) is 22.8 Å². The monoisotopic (exact) mass is 389 g/mol. The van der Waals surface area contributed by atoms with E-state index in [1.807, 2.05) is 24.3 Å². The molecule has 0 heterocycles. The van der Waals surface area contributed by atoms with Gasteiger partial charge < -0.3 is 4.74 Å². The molecule has 2 aromatic carbocycles. The Morgan fingerprint density at radius 1 is 1.15 bits per heavy atom. The van der Waals surface area contributed by atoms with Crippen LogP contribution in [-0.2, 0) is 21.0 Å². The summed E-state index contributed by atoms with van der Waals surface area (Å²) in [5.74, 6) is -0.418. The standard InChI is InChI=1S/C20H20ClNO3S/c1-3-14-4-6-15(7-5-14)18-19(20(18,12-22)13-25-2)26(23,24)17-10-8-16(21)9-11-17/h4-11,18-19H,3,13H2,1-2H3/t18-,19-,20-/m0/s1. The fourth-order valence-corrected chi connectivity index (χ4v) is 6.08. The zero-order chi connectivity index (χ0) is 18.9. The second-order valence-corrected chi connectivity index (χ2v) is 9.08. The number of hydrogen-bond acceptors (Lipinski definition) is 4. The van der Waals surface area contributed by atoms with Gasteiger partial charge in [0.25, 0.3) is 0 Å². The number of hydrogen-bond donors (Lipinski definition) is 0. The molecule has 0 spiro atoms. The zero-order valence-corrected chi connectivity index (χ0v) is 16.2. The fourth-order valence-electron chi connectivity index (χ4n) is 3.64. The fraction of sp³-hybridized carbons (Fsp3) is 0.350. The summed E-state index contributed by atoms with van der Waals surface area (Å²) in [4.78, 5) is 0.176. The van der Waals surface area contributed by atoms with E-state index in [1.54, 1.807) is 12.1 Å². The van der Waals surface area contributed by atoms with Crippen molar-refractivity contribution in [3.05, 3.63) is 64.7 Å². The van der Waals surface area contributed by atoms with Crippen LogP contribution >= 0.6 is 11.6 Å². The normalized spacial score (nSPS) is 24.8. The van der Waals surface area contributed by atoms with Crippen LogP contribution in [0.3, 0.4) is 0 Å². The number of nitrogens with zero attached hydrogens (tertiary/aromatic N) is 1. The summed E-state index contributed by atoms with van der Waals surface area (Å²) in [6.45, 7) is 2.13. The number of ether oxygens (including phenoxy) is 1. The van der Waals surface area contributed by atoms with Crippen LogP contribution in [-0.4, -0.2) is 27.4 Å². The first kappa shape index (κ1) is 18.9. The Kier molecular flexibility index (Phi) is 5.12. The summed E-state index contributed by atoms with van der Waals surface area (Å²) < 4.78 is 31.7. The van der Waals surface area contributed by atoms with E-state index in [2.05, 4.69) is 13.0 Å². The molecule has 6 heteroatoms. The lowest BCUT2D eigenvalue weighted by atomic mass is 10.00. The zero-order valence-electron chi connectivity index (χ0n) is 14.6. The number of sulfone groups is 1. The molecular weight excluding hydrogens is 370 g/mol. The van der Waals surface area contributed by atoms with Crippen molar-refractivity contribution in [1.29, 1.82) is 5.26 Å². The van der Waals surface area contributed by atoms with E-state index in [0.717, 1.165) is 12.0 Å². The van der Waals surface area contributed by atoms with Gasteiger partial charge in [-0.1, -0.05) is 42.8 Å². The van der Waals surface area contributed by atoms with E-state index >= 15 is 0 Å². The van der Waals surface area contributed by atoms with Crippen LogP contribution < -0.4 is 0 Å². The van der Waals surface area contributed by atoms with Crippen molar-refractivity contribution < 1.29 is 13.2 Å². The van der Waals surface area contributed by atoms with Crippen LogP contribution in [0.1, 0.15) is 24.0 Å². The maximum atomic E-state index is 13.2. The molecule has 0 N–H and O–H groups in total. The number of aryl methyl sites for hydroxylation is 1. The number of benzene rings is 2. The van der Waals surface area contributed by atoms with E-state index in [9.17, 15) is 13.7 Å². The van der Waals surface area contributed by atoms with Crippen LogP contribution in [0.2, 0.25) is 5.02 Å². The molecule has 2 aromatic rings. The summed E-state index contributed by atoms with van der Waals surface area (Å²) in [7, 11) is -2.21. The number of halogens is 1. The van der Waals surface area contributed by atoms with Crippen molar-refractivity contribution in [2.75, 3.05) is 13.7 Å². The molecular formula is C20H20ClNO3S. The Hall–Kier alpha value is -1.87. The predicted octanol–water partition coefficient (Wildman–Crippen LogP) is 4.00. The van der Waals surface area contributed by atoms with Gasteiger partial charge in [-0.05, 0) is 41.8 Å². The minimum Gasteiger partial charge on any atom is -0.383 e. The average molecular weight is 390 g/mol. The molecule has 1 aliphatic rings. The van der Waals surface area contributed by atoms with Crippen molar-refractivity contribution >= 4 is 21.4 Å². The van der Waals surface area contributed by atoms with Gasteiger partial charge in [-0.2, -0.15) is 5.26 Å². The molecule has 1 fully saturated rings. The molecule has 4 nitrogen and oxygen atoms in total. The smallest absolute Gasteiger partial charge is 0.183 e. The third kappa shape index (κ3) is 3.03. The van der Waals surface area contributed by atoms with Gasteiger partial charge in [0.15, 0.2) is 9.84 Å². The highest BCUT2D eigenvalue weighted by Crippen LogP contribution is 2.63. The average Bonchev–Trinajstić information content (AvgIpc) is 3.32. The highest BCUT2D eigenvalue weighted by atomic mass is 35.5. The molecule has 0 unspecified atom stereocenters. The lowest BCUT2D eigenvalue weighted by molar-refractivity contribution is 0.162. The molecule has 3 atom stereocenters. The van der Waals surface area contributed by atoms with Crippen molar-refractivity contribution in [2.24, 2.45) is 5.41 Å². The van der Waals surface area contributed by atoms with E-state index in [1.165, 1.54) is 24.8 Å². The van der Waals surface area contributed by atoms with Crippen molar-refractivity contribution in [1.82, 2.24) is 0 Å². The summed E-state index contributed by atoms with van der Waals surface area (Å²) in [6, 6.07) is 16.1. The van der Waals surface area contributed by atoms with Crippen LogP contribution in [0.4, 0.5) is 0 Å². The molecule has 0 aliphatic heterocycles. The second-order valence-electron chi connectivity index (χ2n) is 6.58. The summed E-state index contributed by atoms with van der Waals surface area (Å²) in [5.41, 5.74) is 0.935. The third-order valence-corrected chi connectivity index (χ3v) is 7.61. The van der Waals surface area contributed by atoms with Gasteiger partial charge in [0, 0.05) is 18.1 Å². The third-order valence-electron chi connectivity index (χ3n) is 5.07. The lowest BCUT2D eigenvalue weighted by Crippen LogP contribution is -2.19. The number of nitriles is 1. The molecule has 0 amide bonds. The quantitative estimate of drug-likeness (QED) is 0.748. The van der Waals surface area contributed by atoms with Crippen LogP contribution in [0.5, 0.6) is 0 Å². The Morgan fingerprint density at radius 3 is 2.27 bits per heavy atom. The van der Waals surface area contributed by atoms with Gasteiger partial charge in [0.2, 0.25) is 0 Å². The predicted molar refractivity (Wildman–Crippen MR) is 101 cm³/mol. The highest BCUT2D eigenvalue weighted by molar-refractivity contribution is 7.92. The van der Waals surface area contributed by atoms with Crippen molar-refractivity contribution in [3.63, 3.8) is 0 Å². The summed E-state index contributed by atoms with van der Waals surface area (Å²) >= 11 is 5.88. The number of methoxy groups -OCH3 is 1. The molecule has 1 aliphatic carbocycles. The first-order valence-electron chi connectivity index (χ1n) is 8.39. The maximum absolute atomic E-state index is 13.2. The van der Waals surface area contributed by atoms with Crippen molar-refractivity contribution in [3.8, 4) is 6.07 Å². The molecule has 0 aromatic heterocycles. The lowest BCUT2D eigenvalue weighted by Gasteiger charge is -2.08. The van der Waals surface area contributed by atoms with Gasteiger partial charge in [-0.15, -0.1) is 0 Å². The van der Waals surface area contributed by atoms with Crippen LogP contribution in [0.25, 0.3) is 0 Å². The van der Waals surface area contributed by atoms with E-state index in [4.69, 9.17) is 16.3 Å². The van der Waals surface area contributed by atoms with Crippen LogP contribution in [0, 0.1) is 16.7 Å². The maximum Gasteiger partial charge on any atom is 0.183 e. The molecule has 136 valence electrons. The highest BCUT2D eigenvalue weighted by Gasteiger charge is 2.72. The SMILES string of the molecule is CCc1ccc([C@H]2[C@H](S(=O)(=O)c3ccc(Cl)cc3)[C@@]2(C#N)COC)cc1. The first-order chi connectivity index (χ1) is 12.4. The molecule has 1 saturated carbocycles. The molecule has 26 heavy (non-hydrogen) atoms.